The van der Waals surface area contributed by atoms with Gasteiger partial charge in [0, 0.05) is 12.3 Å². The van der Waals surface area contributed by atoms with E-state index in [-0.39, 0.29) is 11.5 Å². The van der Waals surface area contributed by atoms with Gasteiger partial charge in [0.15, 0.2) is 0 Å². The van der Waals surface area contributed by atoms with Gasteiger partial charge in [0.05, 0.1) is 11.3 Å². The molecule has 1 aliphatic heterocycles. The van der Waals surface area contributed by atoms with Crippen LogP contribution in [-0.2, 0) is 11.2 Å². The summed E-state index contributed by atoms with van der Waals surface area (Å²) in [6, 6.07) is 8.46. The molecule has 0 amide bonds. The van der Waals surface area contributed by atoms with E-state index in [1.807, 2.05) is 0 Å². The lowest BCUT2D eigenvalue weighted by molar-refractivity contribution is -0.122. The largest absolute Gasteiger partial charge is 0.299 e. The Morgan fingerprint density at radius 1 is 1.14 bits per heavy atom. The summed E-state index contributed by atoms with van der Waals surface area (Å²) in [7, 11) is 0. The topological polar surface area (TPSA) is 29.4 Å². The van der Waals surface area contributed by atoms with E-state index in [1.54, 1.807) is 0 Å². The maximum atomic E-state index is 12.8. The van der Waals surface area contributed by atoms with E-state index in [1.165, 1.54) is 36.8 Å². The van der Waals surface area contributed by atoms with Crippen LogP contribution in [0.2, 0.25) is 0 Å². The minimum atomic E-state index is -0.0899. The van der Waals surface area contributed by atoms with Crippen LogP contribution in [0.25, 0.3) is 0 Å². The third-order valence-electron chi connectivity index (χ3n) is 5.04. The van der Waals surface area contributed by atoms with Gasteiger partial charge in [-0.3, -0.25) is 9.79 Å². The second-order valence-electron chi connectivity index (χ2n) is 7.54. The number of carbonyl (C=O) groups is 1. The lowest BCUT2D eigenvalue weighted by Crippen LogP contribution is -2.30. The first kappa shape index (κ1) is 15.5. The molecule has 0 bridgehead atoms. The van der Waals surface area contributed by atoms with Crippen LogP contribution in [-0.4, -0.2) is 17.0 Å². The summed E-state index contributed by atoms with van der Waals surface area (Å²) in [5.41, 5.74) is 3.46. The van der Waals surface area contributed by atoms with Crippen molar-refractivity contribution in [3.05, 3.63) is 35.4 Å². The average Bonchev–Trinajstić information content (AvgIpc) is 2.75. The van der Waals surface area contributed by atoms with Crippen molar-refractivity contribution in [1.82, 2.24) is 0 Å². The molecule has 118 valence electrons. The zero-order valence-electron chi connectivity index (χ0n) is 13.9. The molecule has 0 atom stereocenters. The summed E-state index contributed by atoms with van der Waals surface area (Å²) in [6.45, 7) is 4.33. The summed E-state index contributed by atoms with van der Waals surface area (Å²) in [6.07, 6.45) is 8.65. The molecule has 3 rings (SSSR count). The Bertz CT molecular complexity index is 577. The fourth-order valence-electron chi connectivity index (χ4n) is 3.93. The average molecular weight is 297 g/mol. The molecular weight excluding hydrogens is 270 g/mol. The third-order valence-corrected chi connectivity index (χ3v) is 5.04. The highest BCUT2D eigenvalue weighted by atomic mass is 16.1. The van der Waals surface area contributed by atoms with Crippen LogP contribution in [0, 0.1) is 5.92 Å². The minimum absolute atomic E-state index is 0.0899. The lowest BCUT2D eigenvalue weighted by atomic mass is 9.84. The highest BCUT2D eigenvalue weighted by Gasteiger charge is 2.29. The summed E-state index contributed by atoms with van der Waals surface area (Å²) >= 11 is 0. The van der Waals surface area contributed by atoms with Crippen molar-refractivity contribution >= 4 is 11.5 Å². The standard InChI is InChI=1S/C20H27NO/c1-20(2)14-16-11-7-8-12-17(16)18(21-20)13-19(22)15-9-5-3-4-6-10-15/h7-8,11-12,15H,3-6,9-10,13-14H2,1-2H3. The Morgan fingerprint density at radius 2 is 1.82 bits per heavy atom. The molecule has 1 aromatic rings. The van der Waals surface area contributed by atoms with E-state index >= 15 is 0 Å². The predicted molar refractivity (Wildman–Crippen MR) is 91.6 cm³/mol. The molecule has 22 heavy (non-hydrogen) atoms. The number of hydrogen-bond donors (Lipinski definition) is 0. The first-order valence-electron chi connectivity index (χ1n) is 8.75. The first-order valence-corrected chi connectivity index (χ1v) is 8.75. The van der Waals surface area contributed by atoms with Gasteiger partial charge in [-0.15, -0.1) is 0 Å². The van der Waals surface area contributed by atoms with Crippen LogP contribution >= 0.6 is 0 Å². The zero-order valence-corrected chi connectivity index (χ0v) is 13.9. The van der Waals surface area contributed by atoms with E-state index in [0.717, 1.165) is 25.0 Å². The van der Waals surface area contributed by atoms with Crippen molar-refractivity contribution in [3.8, 4) is 0 Å². The number of Topliss-reactive ketones (excluding diaryl/α,β-unsaturated/α-hetero) is 1. The molecule has 1 fully saturated rings. The summed E-state index contributed by atoms with van der Waals surface area (Å²) in [5.74, 6) is 0.676. The number of carbonyl (C=O) groups excluding carboxylic acids is 1. The molecule has 0 unspecified atom stereocenters. The monoisotopic (exact) mass is 297 g/mol. The molecule has 0 radical (unpaired) electrons. The Morgan fingerprint density at radius 3 is 2.55 bits per heavy atom. The van der Waals surface area contributed by atoms with Gasteiger partial charge < -0.3 is 0 Å². The quantitative estimate of drug-likeness (QED) is 0.741. The predicted octanol–water partition coefficient (Wildman–Crippen LogP) is 4.74. The Balaban J connectivity index is 1.80. The van der Waals surface area contributed by atoms with Gasteiger partial charge in [-0.05, 0) is 44.2 Å². The van der Waals surface area contributed by atoms with Gasteiger partial charge in [-0.25, -0.2) is 0 Å². The molecule has 0 N–H and O–H groups in total. The maximum absolute atomic E-state index is 12.8. The fraction of sp³-hybridized carbons (Fsp3) is 0.600. The minimum Gasteiger partial charge on any atom is -0.299 e. The SMILES string of the molecule is CC1(C)Cc2ccccc2C(CC(=O)C2CCCCCC2)=N1. The van der Waals surface area contributed by atoms with Crippen LogP contribution in [0.4, 0.5) is 0 Å². The van der Waals surface area contributed by atoms with Crippen molar-refractivity contribution in [2.24, 2.45) is 10.9 Å². The highest BCUT2D eigenvalue weighted by Crippen LogP contribution is 2.30. The van der Waals surface area contributed by atoms with E-state index in [2.05, 4.69) is 38.1 Å². The van der Waals surface area contributed by atoms with Crippen molar-refractivity contribution in [3.63, 3.8) is 0 Å². The molecule has 2 nitrogen and oxygen atoms in total. The molecule has 0 spiro atoms. The highest BCUT2D eigenvalue weighted by molar-refractivity contribution is 6.12. The molecule has 2 aliphatic rings. The van der Waals surface area contributed by atoms with Gasteiger partial charge in [0.2, 0.25) is 0 Å². The molecule has 0 saturated heterocycles. The molecule has 1 aromatic carbocycles. The number of nitrogens with zero attached hydrogens (tertiary/aromatic N) is 1. The third kappa shape index (κ3) is 3.48. The number of fused-ring (bicyclic) bond motifs is 1. The number of ketones is 1. The first-order chi connectivity index (χ1) is 10.6. The van der Waals surface area contributed by atoms with E-state index in [0.29, 0.717) is 12.2 Å². The van der Waals surface area contributed by atoms with Crippen LogP contribution < -0.4 is 0 Å². The van der Waals surface area contributed by atoms with Crippen molar-refractivity contribution in [1.29, 1.82) is 0 Å². The molecule has 1 heterocycles. The van der Waals surface area contributed by atoms with Crippen molar-refractivity contribution < 1.29 is 4.79 Å². The number of benzene rings is 1. The number of hydrogen-bond acceptors (Lipinski definition) is 2. The zero-order chi connectivity index (χ0) is 15.6. The second kappa shape index (κ2) is 6.36. The Labute approximate surface area is 134 Å². The van der Waals surface area contributed by atoms with Crippen LogP contribution in [0.1, 0.15) is 69.9 Å². The molecule has 2 heteroatoms. The van der Waals surface area contributed by atoms with E-state index < -0.39 is 0 Å². The molecular formula is C20H27NO. The van der Waals surface area contributed by atoms with Crippen LogP contribution in [0.15, 0.2) is 29.3 Å². The molecule has 1 saturated carbocycles. The van der Waals surface area contributed by atoms with Gasteiger partial charge in [0.1, 0.15) is 5.78 Å². The molecule has 0 aromatic heterocycles. The van der Waals surface area contributed by atoms with E-state index in [4.69, 9.17) is 4.99 Å². The smallest absolute Gasteiger partial charge is 0.141 e. The maximum Gasteiger partial charge on any atom is 0.141 e. The van der Waals surface area contributed by atoms with Gasteiger partial charge >= 0.3 is 0 Å². The van der Waals surface area contributed by atoms with Crippen LogP contribution in [0.3, 0.4) is 0 Å². The Kier molecular flexibility index (Phi) is 4.46. The van der Waals surface area contributed by atoms with Gasteiger partial charge in [-0.1, -0.05) is 49.9 Å². The second-order valence-corrected chi connectivity index (χ2v) is 7.54. The summed E-state index contributed by atoms with van der Waals surface area (Å²) in [4.78, 5) is 17.7. The summed E-state index contributed by atoms with van der Waals surface area (Å²) < 4.78 is 0. The normalized spacial score (nSPS) is 21.6. The van der Waals surface area contributed by atoms with Crippen LogP contribution in [0.5, 0.6) is 0 Å². The summed E-state index contributed by atoms with van der Waals surface area (Å²) in [5, 5.41) is 0. The Hall–Kier alpha value is -1.44. The van der Waals surface area contributed by atoms with E-state index in [9.17, 15) is 4.79 Å². The number of rotatable bonds is 3. The van der Waals surface area contributed by atoms with Gasteiger partial charge in [0.25, 0.3) is 0 Å². The van der Waals surface area contributed by atoms with Gasteiger partial charge in [-0.2, -0.15) is 0 Å². The lowest BCUT2D eigenvalue weighted by Gasteiger charge is -2.29. The fourth-order valence-corrected chi connectivity index (χ4v) is 3.93. The van der Waals surface area contributed by atoms with Crippen molar-refractivity contribution in [2.45, 2.75) is 70.8 Å². The number of aliphatic imine (C=N–C) groups is 1. The van der Waals surface area contributed by atoms with Crippen molar-refractivity contribution in [2.75, 3.05) is 0 Å². The molecule has 1 aliphatic carbocycles.